The first-order chi connectivity index (χ1) is 10.0. The average Bonchev–Trinajstić information content (AvgIpc) is 3.09. The summed E-state index contributed by atoms with van der Waals surface area (Å²) in [5.74, 6) is 1.59. The van der Waals surface area contributed by atoms with E-state index in [1.54, 1.807) is 11.3 Å². The van der Waals surface area contributed by atoms with Gasteiger partial charge in [-0.25, -0.2) is 9.67 Å². The Morgan fingerprint density at radius 1 is 1.24 bits per heavy atom. The van der Waals surface area contributed by atoms with Gasteiger partial charge in [0.2, 0.25) is 0 Å². The highest BCUT2D eigenvalue weighted by atomic mass is 32.1. The molecule has 2 aromatic heterocycles. The van der Waals surface area contributed by atoms with Crippen molar-refractivity contribution in [3.05, 3.63) is 21.9 Å². The van der Waals surface area contributed by atoms with Crippen molar-refractivity contribution in [1.82, 2.24) is 25.2 Å². The lowest BCUT2D eigenvalue weighted by Gasteiger charge is -2.19. The van der Waals surface area contributed by atoms with Gasteiger partial charge < -0.3 is 0 Å². The lowest BCUT2D eigenvalue weighted by atomic mass is 9.90. The molecule has 0 N–H and O–H groups in total. The molecule has 1 aliphatic rings. The zero-order valence-electron chi connectivity index (χ0n) is 13.0. The van der Waals surface area contributed by atoms with E-state index in [0.29, 0.717) is 12.5 Å². The van der Waals surface area contributed by atoms with Gasteiger partial charge in [0.15, 0.2) is 5.82 Å². The highest BCUT2D eigenvalue weighted by Gasteiger charge is 2.23. The summed E-state index contributed by atoms with van der Waals surface area (Å²) in [7, 11) is 0. The third kappa shape index (κ3) is 3.31. The molecule has 2 heterocycles. The third-order valence-electron chi connectivity index (χ3n) is 4.04. The normalized spacial score (nSPS) is 17.3. The Labute approximate surface area is 129 Å². The Morgan fingerprint density at radius 2 is 2.00 bits per heavy atom. The molecule has 0 radical (unpaired) electrons. The van der Waals surface area contributed by atoms with E-state index in [0.717, 1.165) is 11.5 Å². The molecule has 0 aliphatic heterocycles. The maximum absolute atomic E-state index is 4.83. The molecule has 0 saturated heterocycles. The van der Waals surface area contributed by atoms with Gasteiger partial charge in [0.1, 0.15) is 0 Å². The molecule has 0 atom stereocenters. The summed E-state index contributed by atoms with van der Waals surface area (Å²) in [5.41, 5.74) is 1.03. The minimum atomic E-state index is -0.0499. The van der Waals surface area contributed by atoms with Crippen LogP contribution in [-0.4, -0.2) is 25.2 Å². The van der Waals surface area contributed by atoms with Gasteiger partial charge in [-0.3, -0.25) is 0 Å². The summed E-state index contributed by atoms with van der Waals surface area (Å²) in [6.07, 6.45) is 6.67. The van der Waals surface area contributed by atoms with E-state index in [-0.39, 0.29) is 5.41 Å². The van der Waals surface area contributed by atoms with E-state index in [2.05, 4.69) is 41.7 Å². The Balaban J connectivity index is 1.74. The first-order valence-electron chi connectivity index (χ1n) is 7.75. The van der Waals surface area contributed by atoms with Gasteiger partial charge in [-0.1, -0.05) is 40.0 Å². The molecule has 1 fully saturated rings. The van der Waals surface area contributed by atoms with Gasteiger partial charge >= 0.3 is 0 Å². The molecule has 1 saturated carbocycles. The van der Waals surface area contributed by atoms with Gasteiger partial charge in [0.05, 0.1) is 17.2 Å². The van der Waals surface area contributed by atoms with Crippen LogP contribution in [0.2, 0.25) is 0 Å². The highest BCUT2D eigenvalue weighted by Crippen LogP contribution is 2.34. The fourth-order valence-corrected chi connectivity index (χ4v) is 3.92. The van der Waals surface area contributed by atoms with Crippen LogP contribution in [0, 0.1) is 0 Å². The highest BCUT2D eigenvalue weighted by molar-refractivity contribution is 7.09. The van der Waals surface area contributed by atoms with Crippen LogP contribution in [0.3, 0.4) is 0 Å². The molecule has 0 aromatic carbocycles. The molecule has 0 spiro atoms. The molecule has 0 bridgehead atoms. The third-order valence-corrected chi connectivity index (χ3v) is 5.09. The molecule has 21 heavy (non-hydrogen) atoms. The summed E-state index contributed by atoms with van der Waals surface area (Å²) in [6, 6.07) is 0. The second-order valence-corrected chi connectivity index (χ2v) is 7.81. The van der Waals surface area contributed by atoms with Crippen LogP contribution >= 0.6 is 11.3 Å². The minimum Gasteiger partial charge on any atom is -0.244 e. The van der Waals surface area contributed by atoms with E-state index in [4.69, 9.17) is 4.98 Å². The predicted molar refractivity (Wildman–Crippen MR) is 83.6 cm³/mol. The first kappa shape index (κ1) is 14.6. The summed E-state index contributed by atoms with van der Waals surface area (Å²) < 4.78 is 1.87. The maximum atomic E-state index is 4.83. The maximum Gasteiger partial charge on any atom is 0.157 e. The SMILES string of the molecule is CC(C)(C)c1nnnn1Cc1csc(C2CCCCC2)n1. The summed E-state index contributed by atoms with van der Waals surface area (Å²) in [5, 5.41) is 15.6. The molecule has 0 unspecified atom stereocenters. The van der Waals surface area contributed by atoms with Crippen LogP contribution in [0.5, 0.6) is 0 Å². The molecule has 2 aromatic rings. The lowest BCUT2D eigenvalue weighted by molar-refractivity contribution is 0.441. The van der Waals surface area contributed by atoms with Gasteiger partial charge in [-0.05, 0) is 23.3 Å². The topological polar surface area (TPSA) is 56.5 Å². The molecule has 114 valence electrons. The van der Waals surface area contributed by atoms with Crippen molar-refractivity contribution in [2.45, 2.75) is 70.8 Å². The second kappa shape index (κ2) is 5.83. The second-order valence-electron chi connectivity index (χ2n) is 6.92. The number of aromatic nitrogens is 5. The van der Waals surface area contributed by atoms with Crippen molar-refractivity contribution in [3.8, 4) is 0 Å². The summed E-state index contributed by atoms with van der Waals surface area (Å²) >= 11 is 1.80. The number of nitrogens with zero attached hydrogens (tertiary/aromatic N) is 5. The van der Waals surface area contributed by atoms with Gasteiger partial charge in [-0.2, -0.15) is 0 Å². The molecular weight excluding hydrogens is 282 g/mol. The molecule has 6 heteroatoms. The molecular formula is C15H23N5S. The number of rotatable bonds is 3. The van der Waals surface area contributed by atoms with Crippen LogP contribution < -0.4 is 0 Å². The van der Waals surface area contributed by atoms with Gasteiger partial charge in [0.25, 0.3) is 0 Å². The van der Waals surface area contributed by atoms with E-state index < -0.39 is 0 Å². The average molecular weight is 305 g/mol. The van der Waals surface area contributed by atoms with Crippen molar-refractivity contribution < 1.29 is 0 Å². The fraction of sp³-hybridized carbons (Fsp3) is 0.733. The smallest absolute Gasteiger partial charge is 0.157 e. The van der Waals surface area contributed by atoms with Crippen molar-refractivity contribution in [2.24, 2.45) is 0 Å². The van der Waals surface area contributed by atoms with Crippen molar-refractivity contribution in [1.29, 1.82) is 0 Å². The lowest BCUT2D eigenvalue weighted by Crippen LogP contribution is -2.20. The predicted octanol–water partition coefficient (Wildman–Crippen LogP) is 3.52. The number of hydrogen-bond acceptors (Lipinski definition) is 5. The summed E-state index contributed by atoms with van der Waals surface area (Å²) in [6.45, 7) is 7.06. The fourth-order valence-electron chi connectivity index (χ4n) is 2.93. The van der Waals surface area contributed by atoms with Crippen LogP contribution in [-0.2, 0) is 12.0 Å². The molecule has 1 aliphatic carbocycles. The van der Waals surface area contributed by atoms with Gasteiger partial charge in [0, 0.05) is 16.7 Å². The van der Waals surface area contributed by atoms with E-state index in [1.165, 1.54) is 37.1 Å². The number of thiazole rings is 1. The Hall–Kier alpha value is -1.30. The Morgan fingerprint density at radius 3 is 2.71 bits per heavy atom. The van der Waals surface area contributed by atoms with E-state index >= 15 is 0 Å². The number of hydrogen-bond donors (Lipinski definition) is 0. The van der Waals surface area contributed by atoms with Gasteiger partial charge in [-0.15, -0.1) is 16.4 Å². The number of tetrazole rings is 1. The quantitative estimate of drug-likeness (QED) is 0.870. The molecule has 3 rings (SSSR count). The zero-order chi connectivity index (χ0) is 14.9. The van der Waals surface area contributed by atoms with E-state index in [9.17, 15) is 0 Å². The van der Waals surface area contributed by atoms with Crippen LogP contribution in [0.25, 0.3) is 0 Å². The van der Waals surface area contributed by atoms with Crippen LogP contribution in [0.4, 0.5) is 0 Å². The zero-order valence-corrected chi connectivity index (χ0v) is 13.9. The molecule has 5 nitrogen and oxygen atoms in total. The van der Waals surface area contributed by atoms with Crippen molar-refractivity contribution in [2.75, 3.05) is 0 Å². The largest absolute Gasteiger partial charge is 0.244 e. The monoisotopic (exact) mass is 305 g/mol. The van der Waals surface area contributed by atoms with Crippen LogP contribution in [0.1, 0.15) is 75.3 Å². The first-order valence-corrected chi connectivity index (χ1v) is 8.63. The Bertz CT molecular complexity index is 589. The Kier molecular flexibility index (Phi) is 4.06. The standard InChI is InChI=1S/C15H23N5S/c1-15(2,3)14-17-18-19-20(14)9-12-10-21-13(16-12)11-7-5-4-6-8-11/h10-11H,4-9H2,1-3H3. The minimum absolute atomic E-state index is 0.0499. The summed E-state index contributed by atoms with van der Waals surface area (Å²) in [4.78, 5) is 4.83. The van der Waals surface area contributed by atoms with Crippen LogP contribution in [0.15, 0.2) is 5.38 Å². The van der Waals surface area contributed by atoms with Crippen molar-refractivity contribution >= 4 is 11.3 Å². The van der Waals surface area contributed by atoms with E-state index in [1.807, 2.05) is 4.68 Å². The van der Waals surface area contributed by atoms with Crippen molar-refractivity contribution in [3.63, 3.8) is 0 Å². The molecule has 0 amide bonds.